The molecule has 1 saturated heterocycles. The lowest BCUT2D eigenvalue weighted by Gasteiger charge is -2.26. The second-order valence-corrected chi connectivity index (χ2v) is 8.58. The average molecular weight is 479 g/mol. The number of hydrogen-bond donors (Lipinski definition) is 3. The number of benzene rings is 1. The number of aliphatic hydroxyl groups is 1. The standard InChI is InChI=1S/C22H26F2N6O2.H2S/c1-12-8-13(23)9-17(24)19(12)28-22-27-18-10-25-21(26-14-2-4-16(31)5-3-14)29-20(18)30(22)15-6-7-32-11-15;/h8-10,14-16,31H,2-7,11H2,1H3,(H,27,28)(H,25,26,29);1H2/t14?,15-,16?;/m0./s1. The second-order valence-electron chi connectivity index (χ2n) is 8.58. The number of halogens is 2. The quantitative estimate of drug-likeness (QED) is 0.511. The van der Waals surface area contributed by atoms with E-state index in [1.165, 1.54) is 6.07 Å². The molecular weight excluding hydrogens is 450 g/mol. The van der Waals surface area contributed by atoms with E-state index in [4.69, 9.17) is 9.72 Å². The zero-order valence-electron chi connectivity index (χ0n) is 18.3. The summed E-state index contributed by atoms with van der Waals surface area (Å²) in [6.45, 7) is 2.76. The van der Waals surface area contributed by atoms with Gasteiger partial charge in [0.2, 0.25) is 11.9 Å². The zero-order chi connectivity index (χ0) is 22.2. The molecular formula is C22H28F2N6O2S. The fourth-order valence-electron chi connectivity index (χ4n) is 4.50. The van der Waals surface area contributed by atoms with Crippen molar-refractivity contribution < 1.29 is 18.6 Å². The topological polar surface area (TPSA) is 97.1 Å². The Morgan fingerprint density at radius 2 is 1.91 bits per heavy atom. The molecule has 11 heteroatoms. The highest BCUT2D eigenvalue weighted by Crippen LogP contribution is 2.32. The molecule has 33 heavy (non-hydrogen) atoms. The smallest absolute Gasteiger partial charge is 0.224 e. The van der Waals surface area contributed by atoms with Gasteiger partial charge < -0.3 is 20.5 Å². The van der Waals surface area contributed by atoms with Crippen LogP contribution in [-0.2, 0) is 4.74 Å². The average Bonchev–Trinajstić information content (AvgIpc) is 3.39. The molecule has 5 rings (SSSR count). The van der Waals surface area contributed by atoms with Gasteiger partial charge in [0.15, 0.2) is 5.65 Å². The number of nitrogens with zero attached hydrogens (tertiary/aromatic N) is 4. The van der Waals surface area contributed by atoms with Crippen LogP contribution >= 0.6 is 13.5 Å². The van der Waals surface area contributed by atoms with Crippen molar-refractivity contribution in [2.45, 2.75) is 57.2 Å². The fraction of sp³-hybridized carbons (Fsp3) is 0.500. The fourth-order valence-corrected chi connectivity index (χ4v) is 4.50. The Labute approximate surface area is 197 Å². The summed E-state index contributed by atoms with van der Waals surface area (Å²) < 4.78 is 35.5. The van der Waals surface area contributed by atoms with Crippen LogP contribution in [0.25, 0.3) is 11.2 Å². The van der Waals surface area contributed by atoms with E-state index in [0.29, 0.717) is 41.8 Å². The first-order valence-corrected chi connectivity index (χ1v) is 11.0. The van der Waals surface area contributed by atoms with Crippen LogP contribution in [-0.4, -0.2) is 50.0 Å². The summed E-state index contributed by atoms with van der Waals surface area (Å²) >= 11 is 0. The van der Waals surface area contributed by atoms with Crippen molar-refractivity contribution in [2.24, 2.45) is 0 Å². The molecule has 0 radical (unpaired) electrons. The van der Waals surface area contributed by atoms with E-state index in [2.05, 4.69) is 20.6 Å². The van der Waals surface area contributed by atoms with Crippen LogP contribution in [0.5, 0.6) is 0 Å². The summed E-state index contributed by atoms with van der Waals surface area (Å²) in [4.78, 5) is 13.7. The number of anilines is 3. The van der Waals surface area contributed by atoms with Crippen molar-refractivity contribution in [3.63, 3.8) is 0 Å². The number of hydrogen-bond acceptors (Lipinski definition) is 7. The predicted molar refractivity (Wildman–Crippen MR) is 126 cm³/mol. The molecule has 2 fully saturated rings. The number of aromatic nitrogens is 4. The minimum Gasteiger partial charge on any atom is -0.393 e. The minimum atomic E-state index is -0.684. The first-order chi connectivity index (χ1) is 15.5. The number of aliphatic hydroxyl groups excluding tert-OH is 1. The van der Waals surface area contributed by atoms with Gasteiger partial charge in [0.1, 0.15) is 17.2 Å². The molecule has 3 N–H and O–H groups in total. The number of ether oxygens (including phenoxy) is 1. The van der Waals surface area contributed by atoms with E-state index in [1.807, 2.05) is 4.57 Å². The Balaban J connectivity index is 0.00000259. The third-order valence-electron chi connectivity index (χ3n) is 6.22. The Morgan fingerprint density at radius 1 is 1.12 bits per heavy atom. The number of aryl methyl sites for hydroxylation is 1. The number of imidazole rings is 1. The summed E-state index contributed by atoms with van der Waals surface area (Å²) in [5.41, 5.74) is 1.81. The Bertz CT molecular complexity index is 1110. The molecule has 178 valence electrons. The van der Waals surface area contributed by atoms with E-state index in [-0.39, 0.29) is 37.4 Å². The molecule has 1 atom stereocenters. The van der Waals surface area contributed by atoms with Crippen molar-refractivity contribution in [3.8, 4) is 0 Å². The third kappa shape index (κ3) is 4.90. The van der Waals surface area contributed by atoms with Gasteiger partial charge in [-0.05, 0) is 50.7 Å². The monoisotopic (exact) mass is 478 g/mol. The SMILES string of the molecule is Cc1cc(F)cc(F)c1Nc1nc2cnc(NC3CCC(O)CC3)nc2n1[C@H]1CCOC1.S. The predicted octanol–water partition coefficient (Wildman–Crippen LogP) is 3.95. The zero-order valence-corrected chi connectivity index (χ0v) is 19.3. The molecule has 2 aliphatic rings. The molecule has 1 aromatic carbocycles. The van der Waals surface area contributed by atoms with Crippen LogP contribution in [0.2, 0.25) is 0 Å². The molecule has 0 amide bonds. The number of rotatable bonds is 5. The van der Waals surface area contributed by atoms with E-state index < -0.39 is 11.6 Å². The van der Waals surface area contributed by atoms with Gasteiger partial charge in [0, 0.05) is 18.7 Å². The van der Waals surface area contributed by atoms with Gasteiger partial charge in [-0.25, -0.2) is 18.7 Å². The molecule has 1 saturated carbocycles. The van der Waals surface area contributed by atoms with Gasteiger partial charge in [-0.15, -0.1) is 0 Å². The normalized spacial score (nSPS) is 22.8. The maximum Gasteiger partial charge on any atom is 0.224 e. The van der Waals surface area contributed by atoms with Crippen LogP contribution in [0.15, 0.2) is 18.3 Å². The van der Waals surface area contributed by atoms with Crippen LogP contribution < -0.4 is 10.6 Å². The largest absolute Gasteiger partial charge is 0.393 e. The molecule has 0 unspecified atom stereocenters. The maximum atomic E-state index is 14.5. The Hall–Kier alpha value is -2.50. The highest BCUT2D eigenvalue weighted by Gasteiger charge is 2.26. The van der Waals surface area contributed by atoms with Gasteiger partial charge >= 0.3 is 0 Å². The van der Waals surface area contributed by atoms with E-state index in [9.17, 15) is 13.9 Å². The van der Waals surface area contributed by atoms with Crippen molar-refractivity contribution >= 4 is 42.2 Å². The molecule has 3 heterocycles. The van der Waals surface area contributed by atoms with Crippen LogP contribution in [0.1, 0.15) is 43.7 Å². The first-order valence-electron chi connectivity index (χ1n) is 11.0. The van der Waals surface area contributed by atoms with Crippen molar-refractivity contribution in [3.05, 3.63) is 35.5 Å². The van der Waals surface area contributed by atoms with E-state index in [1.54, 1.807) is 13.1 Å². The molecule has 0 spiro atoms. The molecule has 0 bridgehead atoms. The van der Waals surface area contributed by atoms with Gasteiger partial charge in [0.05, 0.1) is 30.6 Å². The van der Waals surface area contributed by atoms with Crippen molar-refractivity contribution in [1.29, 1.82) is 0 Å². The highest BCUT2D eigenvalue weighted by molar-refractivity contribution is 7.59. The molecule has 1 aliphatic heterocycles. The molecule has 3 aromatic rings. The molecule has 8 nitrogen and oxygen atoms in total. The molecule has 1 aliphatic carbocycles. The van der Waals surface area contributed by atoms with E-state index in [0.717, 1.165) is 38.2 Å². The second kappa shape index (κ2) is 9.78. The van der Waals surface area contributed by atoms with Crippen LogP contribution in [0.3, 0.4) is 0 Å². The number of fused-ring (bicyclic) bond motifs is 1. The lowest BCUT2D eigenvalue weighted by molar-refractivity contribution is 0.126. The summed E-state index contributed by atoms with van der Waals surface area (Å²) in [7, 11) is 0. The maximum absolute atomic E-state index is 14.5. The van der Waals surface area contributed by atoms with Gasteiger partial charge in [0.25, 0.3) is 0 Å². The third-order valence-corrected chi connectivity index (χ3v) is 6.22. The Kier molecular flexibility index (Phi) is 7.01. The lowest BCUT2D eigenvalue weighted by atomic mass is 9.93. The minimum absolute atomic E-state index is 0. The van der Waals surface area contributed by atoms with Crippen molar-refractivity contribution in [1.82, 2.24) is 19.5 Å². The molecule has 2 aromatic heterocycles. The summed E-state index contributed by atoms with van der Waals surface area (Å²) in [6.07, 6.45) is 5.42. The van der Waals surface area contributed by atoms with Gasteiger partial charge in [-0.2, -0.15) is 18.5 Å². The Morgan fingerprint density at radius 3 is 2.61 bits per heavy atom. The summed E-state index contributed by atoms with van der Waals surface area (Å²) in [5.74, 6) is -0.400. The van der Waals surface area contributed by atoms with Gasteiger partial charge in [-0.3, -0.25) is 4.57 Å². The van der Waals surface area contributed by atoms with Gasteiger partial charge in [-0.1, -0.05) is 0 Å². The van der Waals surface area contributed by atoms with Crippen molar-refractivity contribution in [2.75, 3.05) is 23.8 Å². The highest BCUT2D eigenvalue weighted by atomic mass is 32.1. The van der Waals surface area contributed by atoms with Crippen LogP contribution in [0, 0.1) is 18.6 Å². The lowest BCUT2D eigenvalue weighted by Crippen LogP contribution is -2.29. The summed E-state index contributed by atoms with van der Waals surface area (Å²) in [6, 6.07) is 2.32. The van der Waals surface area contributed by atoms with Crippen LogP contribution in [0.4, 0.5) is 26.4 Å². The first kappa shape index (κ1) is 23.7. The summed E-state index contributed by atoms with van der Waals surface area (Å²) in [5, 5.41) is 16.1. The number of nitrogens with one attached hydrogen (secondary N) is 2. The van der Waals surface area contributed by atoms with E-state index >= 15 is 0 Å².